The molecule has 1 heterocycles. The van der Waals surface area contributed by atoms with Gasteiger partial charge in [-0.05, 0) is 37.5 Å². The fourth-order valence-corrected chi connectivity index (χ4v) is 4.08. The van der Waals surface area contributed by atoms with Crippen LogP contribution in [0.5, 0.6) is 0 Å². The van der Waals surface area contributed by atoms with Gasteiger partial charge in [-0.1, -0.05) is 90.5 Å². The van der Waals surface area contributed by atoms with Gasteiger partial charge in [-0.15, -0.1) is 0 Å². The van der Waals surface area contributed by atoms with Crippen molar-refractivity contribution in [2.75, 3.05) is 6.54 Å². The molecule has 4 aromatic rings. The van der Waals surface area contributed by atoms with Gasteiger partial charge >= 0.3 is 0 Å². The number of aromatic nitrogens is 2. The summed E-state index contributed by atoms with van der Waals surface area (Å²) in [5.41, 5.74) is 4.83. The predicted molar refractivity (Wildman–Crippen MR) is 136 cm³/mol. The summed E-state index contributed by atoms with van der Waals surface area (Å²) >= 11 is 0. The molecule has 34 heavy (non-hydrogen) atoms. The van der Waals surface area contributed by atoms with E-state index in [2.05, 4.69) is 34.7 Å². The van der Waals surface area contributed by atoms with Crippen LogP contribution in [0, 0.1) is 6.92 Å². The molecule has 1 amide bonds. The average Bonchev–Trinajstić information content (AvgIpc) is 2.88. The average molecular weight is 452 g/mol. The fourth-order valence-electron chi connectivity index (χ4n) is 4.08. The summed E-state index contributed by atoms with van der Waals surface area (Å²) in [6, 6.07) is 31.0. The van der Waals surface area contributed by atoms with Crippen molar-refractivity contribution in [3.05, 3.63) is 124 Å². The van der Waals surface area contributed by atoms with Gasteiger partial charge in [0.05, 0.1) is 5.69 Å². The molecule has 0 saturated heterocycles. The van der Waals surface area contributed by atoms with Crippen LogP contribution in [-0.4, -0.2) is 22.2 Å². The largest absolute Gasteiger partial charge is 0.354 e. The Kier molecular flexibility index (Phi) is 7.33. The first-order valence-electron chi connectivity index (χ1n) is 11.6. The molecule has 0 fully saturated rings. The Balaban J connectivity index is 1.46. The molecule has 1 unspecified atom stereocenters. The number of benzene rings is 3. The van der Waals surface area contributed by atoms with Crippen LogP contribution < -0.4 is 10.9 Å². The molecule has 1 aromatic heterocycles. The van der Waals surface area contributed by atoms with Crippen LogP contribution in [0.2, 0.25) is 0 Å². The maximum Gasteiger partial charge on any atom is 0.267 e. The van der Waals surface area contributed by atoms with Gasteiger partial charge in [0.2, 0.25) is 5.91 Å². The summed E-state index contributed by atoms with van der Waals surface area (Å²) < 4.78 is 1.26. The number of rotatable bonds is 8. The van der Waals surface area contributed by atoms with E-state index < -0.39 is 6.04 Å². The van der Waals surface area contributed by atoms with E-state index in [0.717, 1.165) is 17.5 Å². The number of amides is 1. The topological polar surface area (TPSA) is 64.0 Å². The highest BCUT2D eigenvalue weighted by molar-refractivity contribution is 5.79. The monoisotopic (exact) mass is 451 g/mol. The summed E-state index contributed by atoms with van der Waals surface area (Å²) in [7, 11) is 0. The molecule has 0 aliphatic carbocycles. The SMILES string of the molecule is Cc1ccc(-c2ccc(=O)n(C(C)C(=O)NCCC(c3ccccc3)c3ccccc3)n2)cc1. The number of aryl methyl sites for hydroxylation is 1. The van der Waals surface area contributed by atoms with E-state index >= 15 is 0 Å². The van der Waals surface area contributed by atoms with E-state index in [9.17, 15) is 9.59 Å². The molecule has 0 saturated carbocycles. The zero-order valence-electron chi connectivity index (χ0n) is 19.5. The lowest BCUT2D eigenvalue weighted by molar-refractivity contribution is -0.124. The predicted octanol–water partition coefficient (Wildman–Crippen LogP) is 5.12. The summed E-state index contributed by atoms with van der Waals surface area (Å²) in [5, 5.41) is 7.48. The Morgan fingerprint density at radius 1 is 0.853 bits per heavy atom. The Morgan fingerprint density at radius 2 is 1.44 bits per heavy atom. The fraction of sp³-hybridized carbons (Fsp3) is 0.207. The van der Waals surface area contributed by atoms with E-state index in [1.165, 1.54) is 21.9 Å². The van der Waals surface area contributed by atoms with Crippen LogP contribution >= 0.6 is 0 Å². The van der Waals surface area contributed by atoms with Crippen molar-refractivity contribution in [1.29, 1.82) is 0 Å². The van der Waals surface area contributed by atoms with Crippen LogP contribution in [0.3, 0.4) is 0 Å². The molecule has 1 atom stereocenters. The molecule has 0 bridgehead atoms. The molecule has 3 aromatic carbocycles. The Labute approximate surface area is 200 Å². The van der Waals surface area contributed by atoms with Crippen molar-refractivity contribution in [3.63, 3.8) is 0 Å². The molecule has 0 radical (unpaired) electrons. The molecule has 5 nitrogen and oxygen atoms in total. The van der Waals surface area contributed by atoms with Crippen LogP contribution in [-0.2, 0) is 4.79 Å². The first kappa shape index (κ1) is 23.2. The highest BCUT2D eigenvalue weighted by atomic mass is 16.2. The van der Waals surface area contributed by atoms with Crippen molar-refractivity contribution in [1.82, 2.24) is 15.1 Å². The Bertz CT molecular complexity index is 1240. The van der Waals surface area contributed by atoms with Crippen LogP contribution in [0.15, 0.2) is 102 Å². The zero-order valence-corrected chi connectivity index (χ0v) is 19.5. The molecule has 172 valence electrons. The van der Waals surface area contributed by atoms with Crippen molar-refractivity contribution >= 4 is 5.91 Å². The summed E-state index contributed by atoms with van der Waals surface area (Å²) in [6.45, 7) is 4.21. The summed E-state index contributed by atoms with van der Waals surface area (Å²) in [5.74, 6) is -0.0563. The lowest BCUT2D eigenvalue weighted by Gasteiger charge is -2.20. The second-order valence-corrected chi connectivity index (χ2v) is 8.50. The van der Waals surface area contributed by atoms with Crippen molar-refractivity contribution in [2.45, 2.75) is 32.2 Å². The van der Waals surface area contributed by atoms with E-state index in [0.29, 0.717) is 12.2 Å². The number of nitrogens with zero attached hydrogens (tertiary/aromatic N) is 2. The van der Waals surface area contributed by atoms with Gasteiger partial charge in [-0.3, -0.25) is 9.59 Å². The van der Waals surface area contributed by atoms with Crippen molar-refractivity contribution < 1.29 is 4.79 Å². The van der Waals surface area contributed by atoms with E-state index in [1.807, 2.05) is 67.6 Å². The highest BCUT2D eigenvalue weighted by Gasteiger charge is 2.19. The Hall–Kier alpha value is -3.99. The first-order valence-corrected chi connectivity index (χ1v) is 11.6. The number of carbonyl (C=O) groups excluding carboxylic acids is 1. The van der Waals surface area contributed by atoms with Gasteiger partial charge in [0.1, 0.15) is 6.04 Å². The second-order valence-electron chi connectivity index (χ2n) is 8.50. The van der Waals surface area contributed by atoms with Crippen molar-refractivity contribution in [2.24, 2.45) is 0 Å². The summed E-state index contributed by atoms with van der Waals surface area (Å²) in [4.78, 5) is 25.4. The van der Waals surface area contributed by atoms with E-state index in [1.54, 1.807) is 13.0 Å². The molecule has 0 aliphatic heterocycles. The van der Waals surface area contributed by atoms with Crippen LogP contribution in [0.4, 0.5) is 0 Å². The molecule has 0 aliphatic rings. The van der Waals surface area contributed by atoms with Crippen molar-refractivity contribution in [3.8, 4) is 11.3 Å². The number of carbonyl (C=O) groups is 1. The third kappa shape index (κ3) is 5.49. The number of nitrogens with one attached hydrogen (secondary N) is 1. The molecule has 4 rings (SSSR count). The maximum atomic E-state index is 12.9. The molecule has 0 spiro atoms. The molecular weight excluding hydrogens is 422 g/mol. The molecule has 5 heteroatoms. The zero-order chi connectivity index (χ0) is 23.9. The number of hydrogen-bond donors (Lipinski definition) is 1. The highest BCUT2D eigenvalue weighted by Crippen LogP contribution is 2.27. The minimum atomic E-state index is -0.718. The smallest absolute Gasteiger partial charge is 0.267 e. The van der Waals surface area contributed by atoms with Gasteiger partial charge in [0, 0.05) is 24.1 Å². The van der Waals surface area contributed by atoms with Gasteiger partial charge in [-0.25, -0.2) is 4.68 Å². The minimum absolute atomic E-state index is 0.170. The third-order valence-corrected chi connectivity index (χ3v) is 6.05. The molecular formula is C29H29N3O2. The normalized spacial score (nSPS) is 11.9. The van der Waals surface area contributed by atoms with Gasteiger partial charge in [0.15, 0.2) is 0 Å². The second kappa shape index (κ2) is 10.8. The minimum Gasteiger partial charge on any atom is -0.354 e. The standard InChI is InChI=1S/C29H29N3O2/c1-21-13-15-25(16-14-21)27-17-18-28(33)32(31-27)22(2)29(34)30-20-19-26(23-9-5-3-6-10-23)24-11-7-4-8-12-24/h3-18,22,26H,19-20H2,1-2H3,(H,30,34). The lowest BCUT2D eigenvalue weighted by atomic mass is 9.88. The van der Waals surface area contributed by atoms with Gasteiger partial charge in [-0.2, -0.15) is 5.10 Å². The molecule has 1 N–H and O–H groups in total. The Morgan fingerprint density at radius 3 is 2.03 bits per heavy atom. The number of hydrogen-bond acceptors (Lipinski definition) is 3. The first-order chi connectivity index (χ1) is 16.5. The quantitative estimate of drug-likeness (QED) is 0.405. The van der Waals surface area contributed by atoms with Gasteiger partial charge < -0.3 is 5.32 Å². The van der Waals surface area contributed by atoms with E-state index in [-0.39, 0.29) is 17.4 Å². The lowest BCUT2D eigenvalue weighted by Crippen LogP contribution is -2.37. The maximum absolute atomic E-state index is 12.9. The third-order valence-electron chi connectivity index (χ3n) is 6.05. The van der Waals surface area contributed by atoms with Crippen LogP contribution in [0.1, 0.15) is 42.0 Å². The summed E-state index contributed by atoms with van der Waals surface area (Å²) in [6.07, 6.45) is 0.748. The van der Waals surface area contributed by atoms with E-state index in [4.69, 9.17) is 0 Å². The van der Waals surface area contributed by atoms with Crippen LogP contribution in [0.25, 0.3) is 11.3 Å². The van der Waals surface area contributed by atoms with Gasteiger partial charge in [0.25, 0.3) is 5.56 Å².